The zero-order chi connectivity index (χ0) is 13.0. The number of hydrogen-bond donors (Lipinski definition) is 1. The van der Waals surface area contributed by atoms with Crippen LogP contribution in [0.15, 0.2) is 0 Å². The first kappa shape index (κ1) is 17.8. The lowest BCUT2D eigenvalue weighted by Crippen LogP contribution is -2.27. The highest BCUT2D eigenvalue weighted by Gasteiger charge is 1.95. The van der Waals surface area contributed by atoms with Crippen molar-refractivity contribution in [2.75, 3.05) is 28.2 Å². The lowest BCUT2D eigenvalue weighted by molar-refractivity contribution is -0.849. The maximum atomic E-state index is 10.1. The van der Waals surface area contributed by atoms with Crippen LogP contribution in [0.1, 0.15) is 51.9 Å². The van der Waals surface area contributed by atoms with Gasteiger partial charge in [0, 0.05) is 6.42 Å². The number of carboxylic acids is 1. The molecule has 0 radical (unpaired) electrons. The zero-order valence-electron chi connectivity index (χ0n) is 11.8. The normalized spacial score (nSPS) is 10.6. The average molecular weight is 232 g/mol. The van der Waals surface area contributed by atoms with Crippen LogP contribution in [0.25, 0.3) is 0 Å². The highest BCUT2D eigenvalue weighted by atomic mass is 16.4. The van der Waals surface area contributed by atoms with E-state index < -0.39 is 5.97 Å². The minimum absolute atomic E-state index is 0.339. The summed E-state index contributed by atoms with van der Waals surface area (Å²) < 4.78 is 1.00. The van der Waals surface area contributed by atoms with E-state index in [0.29, 0.717) is 6.42 Å². The molecule has 0 saturated carbocycles. The molecular weight excluding hydrogens is 202 g/mol. The van der Waals surface area contributed by atoms with Gasteiger partial charge in [-0.25, -0.2) is 0 Å². The van der Waals surface area contributed by atoms with Crippen LogP contribution in [0.3, 0.4) is 0 Å². The molecule has 0 rings (SSSR count). The average Bonchev–Trinajstić information content (AvgIpc) is 2.08. The quantitative estimate of drug-likeness (QED) is 0.541. The Morgan fingerprint density at radius 3 is 1.69 bits per heavy atom. The molecule has 0 aliphatic heterocycles. The van der Waals surface area contributed by atoms with E-state index in [2.05, 4.69) is 35.1 Å². The van der Waals surface area contributed by atoms with Crippen molar-refractivity contribution in [1.29, 1.82) is 0 Å². The summed E-state index contributed by atoms with van der Waals surface area (Å²) in [5, 5.41) is 8.32. The van der Waals surface area contributed by atoms with Crippen molar-refractivity contribution >= 4 is 5.97 Å². The second-order valence-corrected chi connectivity index (χ2v) is 5.59. The number of hydrogen-bond acceptors (Lipinski definition) is 1. The minimum atomic E-state index is -0.666. The zero-order valence-corrected chi connectivity index (χ0v) is 11.8. The van der Waals surface area contributed by atoms with Crippen molar-refractivity contribution < 1.29 is 14.4 Å². The van der Waals surface area contributed by atoms with Gasteiger partial charge in [-0.2, -0.15) is 0 Å². The lowest BCUT2D eigenvalue weighted by atomic mass is 10.1. The summed E-state index contributed by atoms with van der Waals surface area (Å²) in [6, 6.07) is 0. The van der Waals surface area contributed by atoms with E-state index in [9.17, 15) is 4.79 Å². The van der Waals surface area contributed by atoms with E-state index in [-0.39, 0.29) is 0 Å². The monoisotopic (exact) mass is 232 g/mol. The molecule has 0 aliphatic rings. The molecule has 3 heteroatoms. The summed E-state index contributed by atoms with van der Waals surface area (Å²) in [7, 11) is 8.50. The highest BCUT2D eigenvalue weighted by Crippen LogP contribution is 2.06. The van der Waals surface area contributed by atoms with E-state index in [0.717, 1.165) is 17.3 Å². The van der Waals surface area contributed by atoms with Crippen LogP contribution in [0.5, 0.6) is 0 Å². The SMILES string of the molecule is CCCCCCCCC(=O)O.C[N+](C)(C)C. The molecule has 0 spiro atoms. The van der Waals surface area contributed by atoms with Crippen LogP contribution in [-0.4, -0.2) is 43.7 Å². The van der Waals surface area contributed by atoms with Crippen LogP contribution in [0.4, 0.5) is 0 Å². The Morgan fingerprint density at radius 2 is 1.31 bits per heavy atom. The summed E-state index contributed by atoms with van der Waals surface area (Å²) in [5.41, 5.74) is 0. The number of carboxylic acid groups (broad SMARTS) is 1. The molecule has 0 aromatic rings. The van der Waals surface area contributed by atoms with E-state index in [1.807, 2.05) is 0 Å². The Bertz CT molecular complexity index is 156. The van der Waals surface area contributed by atoms with Crippen LogP contribution < -0.4 is 0 Å². The van der Waals surface area contributed by atoms with E-state index in [4.69, 9.17) is 5.11 Å². The fraction of sp³-hybridized carbons (Fsp3) is 0.923. The van der Waals surface area contributed by atoms with Gasteiger partial charge in [-0.15, -0.1) is 0 Å². The molecule has 1 N–H and O–H groups in total. The first-order valence-electron chi connectivity index (χ1n) is 6.28. The lowest BCUT2D eigenvalue weighted by Gasteiger charge is -2.14. The summed E-state index contributed by atoms with van der Waals surface area (Å²) in [6.07, 6.45) is 7.25. The maximum Gasteiger partial charge on any atom is 0.303 e. The van der Waals surface area contributed by atoms with Gasteiger partial charge in [-0.1, -0.05) is 39.0 Å². The first-order chi connectivity index (χ1) is 7.27. The van der Waals surface area contributed by atoms with Gasteiger partial charge in [0.1, 0.15) is 0 Å². The van der Waals surface area contributed by atoms with Crippen LogP contribution in [0.2, 0.25) is 0 Å². The minimum Gasteiger partial charge on any atom is -0.481 e. The van der Waals surface area contributed by atoms with Crippen LogP contribution >= 0.6 is 0 Å². The highest BCUT2D eigenvalue weighted by molar-refractivity contribution is 5.66. The molecular formula is C13H30NO2+. The van der Waals surface area contributed by atoms with E-state index in [1.165, 1.54) is 25.7 Å². The van der Waals surface area contributed by atoms with Crippen molar-refractivity contribution in [3.63, 3.8) is 0 Å². The van der Waals surface area contributed by atoms with Crippen molar-refractivity contribution in [3.8, 4) is 0 Å². The molecule has 0 bridgehead atoms. The van der Waals surface area contributed by atoms with Gasteiger partial charge in [0.05, 0.1) is 28.2 Å². The summed E-state index contributed by atoms with van der Waals surface area (Å²) in [6.45, 7) is 2.18. The van der Waals surface area contributed by atoms with Gasteiger partial charge in [0.25, 0.3) is 0 Å². The largest absolute Gasteiger partial charge is 0.481 e. The molecule has 0 aromatic heterocycles. The van der Waals surface area contributed by atoms with Gasteiger partial charge >= 0.3 is 5.97 Å². The predicted molar refractivity (Wildman–Crippen MR) is 69.6 cm³/mol. The van der Waals surface area contributed by atoms with Gasteiger partial charge in [-0.3, -0.25) is 4.79 Å². The molecule has 0 heterocycles. The molecule has 0 unspecified atom stereocenters. The Kier molecular flexibility index (Phi) is 12.2. The number of carbonyl (C=O) groups is 1. The number of aliphatic carboxylic acids is 1. The van der Waals surface area contributed by atoms with Crippen molar-refractivity contribution in [3.05, 3.63) is 0 Å². The van der Waals surface area contributed by atoms with Gasteiger partial charge < -0.3 is 9.59 Å². The fourth-order valence-corrected chi connectivity index (χ4v) is 1.06. The molecule has 0 aliphatic carbocycles. The topological polar surface area (TPSA) is 37.3 Å². The van der Waals surface area contributed by atoms with Gasteiger partial charge in [-0.05, 0) is 6.42 Å². The maximum absolute atomic E-state index is 10.1. The van der Waals surface area contributed by atoms with Crippen molar-refractivity contribution in [2.24, 2.45) is 0 Å². The standard InChI is InChI=1S/C9H18O2.C4H12N/c1-2-3-4-5-6-7-8-9(10)11;1-5(2,3)4/h2-8H2,1H3,(H,10,11);1-4H3/q;+1. The third-order valence-electron chi connectivity index (χ3n) is 1.74. The molecule has 0 fully saturated rings. The predicted octanol–water partition coefficient (Wildman–Crippen LogP) is 3.14. The van der Waals surface area contributed by atoms with Crippen molar-refractivity contribution in [2.45, 2.75) is 51.9 Å². The third kappa shape index (κ3) is 37.6. The summed E-state index contributed by atoms with van der Waals surface area (Å²) >= 11 is 0. The summed E-state index contributed by atoms with van der Waals surface area (Å²) in [4.78, 5) is 10.1. The first-order valence-corrected chi connectivity index (χ1v) is 6.28. The van der Waals surface area contributed by atoms with Crippen LogP contribution in [0, 0.1) is 0 Å². The number of nitrogens with zero attached hydrogens (tertiary/aromatic N) is 1. The van der Waals surface area contributed by atoms with E-state index in [1.54, 1.807) is 0 Å². The molecule has 16 heavy (non-hydrogen) atoms. The Hall–Kier alpha value is -0.570. The third-order valence-corrected chi connectivity index (χ3v) is 1.74. The number of quaternary nitrogens is 1. The number of rotatable bonds is 7. The van der Waals surface area contributed by atoms with Gasteiger partial charge in [0.15, 0.2) is 0 Å². The molecule has 0 aromatic carbocycles. The van der Waals surface area contributed by atoms with E-state index >= 15 is 0 Å². The molecule has 0 atom stereocenters. The molecule has 0 saturated heterocycles. The van der Waals surface area contributed by atoms with Gasteiger partial charge in [0.2, 0.25) is 0 Å². The molecule has 3 nitrogen and oxygen atoms in total. The molecule has 98 valence electrons. The Morgan fingerprint density at radius 1 is 0.938 bits per heavy atom. The van der Waals surface area contributed by atoms with Crippen molar-refractivity contribution in [1.82, 2.24) is 0 Å². The fourth-order valence-electron chi connectivity index (χ4n) is 1.06. The summed E-state index contributed by atoms with van der Waals surface area (Å²) in [5.74, 6) is -0.666. The number of unbranched alkanes of at least 4 members (excludes halogenated alkanes) is 5. The second kappa shape index (κ2) is 10.9. The Labute approximate surface area is 101 Å². The van der Waals surface area contributed by atoms with Crippen LogP contribution in [-0.2, 0) is 4.79 Å². The smallest absolute Gasteiger partial charge is 0.303 e. The molecule has 0 amide bonds. The second-order valence-electron chi connectivity index (χ2n) is 5.59. The Balaban J connectivity index is 0.